The van der Waals surface area contributed by atoms with E-state index in [1.165, 1.54) is 6.42 Å². The van der Waals surface area contributed by atoms with Gasteiger partial charge in [-0.3, -0.25) is 0 Å². The minimum atomic E-state index is -0.514. The van der Waals surface area contributed by atoms with E-state index in [1.807, 2.05) is 12.1 Å². The zero-order valence-electron chi connectivity index (χ0n) is 29.5. The Bertz CT molecular complexity index is 1510. The minimum absolute atomic E-state index is 0.0632. The van der Waals surface area contributed by atoms with E-state index in [0.717, 1.165) is 59.8 Å². The molecule has 6 aliphatic heterocycles. The Morgan fingerprint density at radius 1 is 0.423 bits per heavy atom. The maximum Gasteiger partial charge on any atom is 0.165 e. The quantitative estimate of drug-likeness (QED) is 0.183. The lowest BCUT2D eigenvalue weighted by molar-refractivity contribution is -0.0442. The summed E-state index contributed by atoms with van der Waals surface area (Å²) in [5.74, 6) is 6.39. The van der Waals surface area contributed by atoms with Crippen molar-refractivity contribution < 1.29 is 56.8 Å². The summed E-state index contributed by atoms with van der Waals surface area (Å²) in [6, 6.07) is 8.43. The molecule has 4 aliphatic carbocycles. The van der Waals surface area contributed by atoms with Crippen LogP contribution in [0.5, 0.6) is 34.5 Å². The summed E-state index contributed by atoms with van der Waals surface area (Å²) in [4.78, 5) is 0. The molecule has 280 valence electrons. The van der Waals surface area contributed by atoms with Gasteiger partial charge in [-0.1, -0.05) is 0 Å². The van der Waals surface area contributed by atoms with Crippen LogP contribution in [0.4, 0.5) is 0 Å². The Balaban J connectivity index is 1.11. The molecule has 0 amide bonds. The molecule has 0 spiro atoms. The highest BCUT2D eigenvalue weighted by Gasteiger charge is 2.61. The summed E-state index contributed by atoms with van der Waals surface area (Å²) in [6.07, 6.45) is 6.32. The van der Waals surface area contributed by atoms with E-state index in [0.29, 0.717) is 114 Å². The van der Waals surface area contributed by atoms with Crippen molar-refractivity contribution >= 4 is 0 Å². The monoisotopic (exact) mass is 720 g/mol. The van der Waals surface area contributed by atoms with Crippen LogP contribution in [0.2, 0.25) is 0 Å². The summed E-state index contributed by atoms with van der Waals surface area (Å²) < 4.78 is 73.7. The Morgan fingerprint density at radius 2 is 0.750 bits per heavy atom. The van der Waals surface area contributed by atoms with Crippen LogP contribution in [0, 0.1) is 23.7 Å². The number of hydrogen-bond acceptors (Lipinski definition) is 12. The van der Waals surface area contributed by atoms with E-state index in [4.69, 9.17) is 56.8 Å². The fourth-order valence-electron chi connectivity index (χ4n) is 9.48. The van der Waals surface area contributed by atoms with Crippen LogP contribution in [0.25, 0.3) is 0 Å². The second-order valence-electron chi connectivity index (χ2n) is 16.4. The molecular weight excluding hydrogens is 672 g/mol. The van der Waals surface area contributed by atoms with Gasteiger partial charge >= 0.3 is 0 Å². The Morgan fingerprint density at radius 3 is 1.10 bits per heavy atom. The molecule has 2 aromatic carbocycles. The van der Waals surface area contributed by atoms with Crippen LogP contribution in [-0.4, -0.2) is 116 Å². The van der Waals surface area contributed by atoms with Crippen molar-refractivity contribution in [2.75, 3.05) is 79.3 Å². The van der Waals surface area contributed by atoms with E-state index < -0.39 is 5.41 Å². The molecule has 12 nitrogen and oxygen atoms in total. The highest BCUT2D eigenvalue weighted by Crippen LogP contribution is 2.69. The second-order valence-corrected chi connectivity index (χ2v) is 16.4. The van der Waals surface area contributed by atoms with Crippen LogP contribution in [-0.2, 0) is 33.8 Å². The molecule has 0 N–H and O–H groups in total. The number of rotatable bonds is 20. The van der Waals surface area contributed by atoms with Crippen molar-refractivity contribution in [3.63, 3.8) is 0 Å². The van der Waals surface area contributed by atoms with E-state index in [2.05, 4.69) is 12.1 Å². The third-order valence-electron chi connectivity index (χ3n) is 12.3. The van der Waals surface area contributed by atoms with Crippen molar-refractivity contribution in [2.24, 2.45) is 23.7 Å². The second kappa shape index (κ2) is 13.1. The van der Waals surface area contributed by atoms with Gasteiger partial charge in [-0.05, 0) is 67.9 Å². The number of hydrogen-bond donors (Lipinski definition) is 0. The van der Waals surface area contributed by atoms with Crippen molar-refractivity contribution in [3.05, 3.63) is 35.4 Å². The molecule has 4 saturated carbocycles. The molecule has 10 fully saturated rings. The van der Waals surface area contributed by atoms with Crippen molar-refractivity contribution in [3.8, 4) is 34.5 Å². The molecule has 2 aromatic rings. The molecule has 6 unspecified atom stereocenters. The lowest BCUT2D eigenvalue weighted by atomic mass is 9.42. The highest BCUT2D eigenvalue weighted by atomic mass is 16.6. The molecule has 12 rings (SSSR count). The Labute approximate surface area is 303 Å². The van der Waals surface area contributed by atoms with Gasteiger partial charge in [-0.15, -0.1) is 0 Å². The maximum atomic E-state index is 6.90. The first-order chi connectivity index (χ1) is 25.6. The molecular formula is C40H48O12. The fourth-order valence-corrected chi connectivity index (χ4v) is 9.48. The van der Waals surface area contributed by atoms with Crippen LogP contribution < -0.4 is 28.4 Å². The Kier molecular flexibility index (Phi) is 8.16. The first-order valence-corrected chi connectivity index (χ1v) is 19.5. The van der Waals surface area contributed by atoms with Gasteiger partial charge in [0.1, 0.15) is 87.8 Å². The first-order valence-electron chi connectivity index (χ1n) is 19.5. The summed E-state index contributed by atoms with van der Waals surface area (Å²) in [6.45, 7) is 6.95. The molecule has 6 heterocycles. The first kappa shape index (κ1) is 32.4. The lowest BCUT2D eigenvalue weighted by Crippen LogP contribution is -2.56. The third-order valence-corrected chi connectivity index (χ3v) is 12.3. The normalized spacial score (nSPS) is 38.0. The smallest absolute Gasteiger partial charge is 0.165 e. The van der Waals surface area contributed by atoms with E-state index >= 15 is 0 Å². The molecule has 12 heteroatoms. The molecule has 0 aromatic heterocycles. The third kappa shape index (κ3) is 6.79. The van der Waals surface area contributed by atoms with Crippen LogP contribution in [0.3, 0.4) is 0 Å². The number of epoxide rings is 6. The predicted octanol–water partition coefficient (Wildman–Crippen LogP) is 4.09. The van der Waals surface area contributed by atoms with Crippen LogP contribution in [0.15, 0.2) is 24.3 Å². The summed E-state index contributed by atoms with van der Waals surface area (Å²) in [7, 11) is 0. The van der Waals surface area contributed by atoms with Gasteiger partial charge in [-0.2, -0.15) is 0 Å². The standard InChI is InChI=1S/C40H48O12/c1-22-2-24-4-23(1)5-25(3-22)40(24,34-6-26(41-10-28-12-43-28)8-36(49-18-30-14-45-30)38(34)51-20-32-16-47-32)35-7-27(42-11-29-13-44-29)9-37(50-19-31-15-46-31)39(35)52-21-33-17-48-33/h6-9,22-25,28-33H,1-5,10-21H2. The Hall–Kier alpha value is -3.00. The topological polar surface area (TPSA) is 131 Å². The number of benzene rings is 2. The lowest BCUT2D eigenvalue weighted by Gasteiger charge is -2.62. The van der Waals surface area contributed by atoms with Gasteiger partial charge in [0.05, 0.1) is 39.6 Å². The zero-order chi connectivity index (χ0) is 34.2. The summed E-state index contributed by atoms with van der Waals surface area (Å²) in [5, 5.41) is 0. The SMILES string of the molecule is c1c(OCC2CO2)cc(C2(c3cc(OCC4CO4)cc(OCC4CO4)c3OCC3CO3)C3CC4CC(C3)CC2C4)c(OCC2CO2)c1OCC1CO1. The van der Waals surface area contributed by atoms with E-state index in [9.17, 15) is 0 Å². The zero-order valence-corrected chi connectivity index (χ0v) is 29.5. The summed E-state index contributed by atoms with van der Waals surface area (Å²) in [5.41, 5.74) is 1.64. The van der Waals surface area contributed by atoms with Crippen molar-refractivity contribution in [2.45, 2.75) is 74.1 Å². The van der Waals surface area contributed by atoms with Crippen LogP contribution in [0.1, 0.15) is 43.2 Å². The minimum Gasteiger partial charge on any atom is -0.491 e. The van der Waals surface area contributed by atoms with Gasteiger partial charge < -0.3 is 56.8 Å². The molecule has 52 heavy (non-hydrogen) atoms. The van der Waals surface area contributed by atoms with Gasteiger partial charge in [0.15, 0.2) is 23.0 Å². The molecule has 10 aliphatic rings. The average Bonchev–Trinajstić information content (AvgIpc) is 3.94. The van der Waals surface area contributed by atoms with Gasteiger partial charge in [0, 0.05) is 28.7 Å². The maximum absolute atomic E-state index is 6.90. The van der Waals surface area contributed by atoms with E-state index in [1.54, 1.807) is 0 Å². The van der Waals surface area contributed by atoms with Gasteiger partial charge in [0.25, 0.3) is 0 Å². The summed E-state index contributed by atoms with van der Waals surface area (Å²) >= 11 is 0. The molecule has 4 bridgehead atoms. The predicted molar refractivity (Wildman–Crippen MR) is 182 cm³/mol. The van der Waals surface area contributed by atoms with E-state index in [-0.39, 0.29) is 36.6 Å². The van der Waals surface area contributed by atoms with Gasteiger partial charge in [0.2, 0.25) is 0 Å². The van der Waals surface area contributed by atoms with Crippen LogP contribution >= 0.6 is 0 Å². The molecule has 6 saturated heterocycles. The van der Waals surface area contributed by atoms with Crippen molar-refractivity contribution in [1.29, 1.82) is 0 Å². The number of ether oxygens (including phenoxy) is 12. The molecule has 0 radical (unpaired) electrons. The highest BCUT2D eigenvalue weighted by molar-refractivity contribution is 5.65. The average molecular weight is 721 g/mol. The van der Waals surface area contributed by atoms with Gasteiger partial charge in [-0.25, -0.2) is 0 Å². The molecule has 6 atom stereocenters. The fraction of sp³-hybridized carbons (Fsp3) is 0.700. The largest absolute Gasteiger partial charge is 0.491 e. The van der Waals surface area contributed by atoms with Crippen molar-refractivity contribution in [1.82, 2.24) is 0 Å².